The van der Waals surface area contributed by atoms with E-state index in [1.165, 1.54) is 0 Å². The highest BCUT2D eigenvalue weighted by Gasteiger charge is 2.28. The summed E-state index contributed by atoms with van der Waals surface area (Å²) in [6.45, 7) is 0.625. The molecule has 2 nitrogen and oxygen atoms in total. The smallest absolute Gasteiger partial charge is 0.138 e. The fraction of sp³-hybridized carbons (Fsp3) is 1.00. The molecule has 1 heterocycles. The third-order valence-corrected chi connectivity index (χ3v) is 2.17. The molecule has 3 heteroatoms. The summed E-state index contributed by atoms with van der Waals surface area (Å²) in [5, 5.41) is 8.51. The molecular formula is C7H14FNO. The molecule has 1 rings (SSSR count). The van der Waals surface area contributed by atoms with Gasteiger partial charge in [-0.1, -0.05) is 0 Å². The molecular weight excluding hydrogens is 133 g/mol. The lowest BCUT2D eigenvalue weighted by Gasteiger charge is -2.21. The fourth-order valence-electron chi connectivity index (χ4n) is 1.51. The Kier molecular flexibility index (Phi) is 2.63. The number of nitrogens with zero attached hydrogens (tertiary/aromatic N) is 1. The van der Waals surface area contributed by atoms with Crippen molar-refractivity contribution in [2.75, 3.05) is 20.2 Å². The second-order valence-corrected chi connectivity index (χ2v) is 2.89. The average molecular weight is 147 g/mol. The molecule has 0 radical (unpaired) electrons. The third kappa shape index (κ3) is 1.47. The maximum Gasteiger partial charge on any atom is 0.138 e. The number of hydrogen-bond donors (Lipinski definition) is 1. The summed E-state index contributed by atoms with van der Waals surface area (Å²) in [6.07, 6.45) is 0.896. The predicted molar refractivity (Wildman–Crippen MR) is 37.6 cm³/mol. The van der Waals surface area contributed by atoms with Crippen LogP contribution in [0.3, 0.4) is 0 Å². The number of aliphatic hydroxyl groups excluding tert-OH is 1. The van der Waals surface area contributed by atoms with Crippen LogP contribution in [0, 0.1) is 0 Å². The molecule has 0 aromatic heterocycles. The van der Waals surface area contributed by atoms with Gasteiger partial charge in [-0.15, -0.1) is 0 Å². The van der Waals surface area contributed by atoms with Crippen LogP contribution >= 0.6 is 0 Å². The lowest BCUT2D eigenvalue weighted by Crippen LogP contribution is -2.35. The summed E-state index contributed by atoms with van der Waals surface area (Å²) in [4.78, 5) is 1.97. The van der Waals surface area contributed by atoms with Gasteiger partial charge in [0.05, 0.1) is 6.61 Å². The Morgan fingerprint density at radius 3 is 2.90 bits per heavy atom. The largest absolute Gasteiger partial charge is 0.393 e. The third-order valence-electron chi connectivity index (χ3n) is 2.17. The molecule has 1 N–H and O–H groups in total. The molecule has 0 spiro atoms. The number of alkyl halides is 1. The van der Waals surface area contributed by atoms with Gasteiger partial charge in [-0.25, -0.2) is 4.39 Å². The van der Waals surface area contributed by atoms with Gasteiger partial charge in [-0.2, -0.15) is 0 Å². The number of rotatable bonds is 2. The van der Waals surface area contributed by atoms with Gasteiger partial charge in [0.2, 0.25) is 0 Å². The zero-order valence-electron chi connectivity index (χ0n) is 6.26. The molecule has 0 bridgehead atoms. The van der Waals surface area contributed by atoms with Gasteiger partial charge in [-0.05, 0) is 26.4 Å². The topological polar surface area (TPSA) is 23.5 Å². The van der Waals surface area contributed by atoms with E-state index in [9.17, 15) is 4.39 Å². The summed E-state index contributed by atoms with van der Waals surface area (Å²) in [5.41, 5.74) is 0. The van der Waals surface area contributed by atoms with Gasteiger partial charge in [0.1, 0.15) is 6.17 Å². The van der Waals surface area contributed by atoms with Gasteiger partial charge < -0.3 is 10.0 Å². The zero-order valence-corrected chi connectivity index (χ0v) is 6.26. The SMILES string of the molecule is CN1CCCC1C(F)CO. The first-order valence-corrected chi connectivity index (χ1v) is 3.71. The van der Waals surface area contributed by atoms with Gasteiger partial charge >= 0.3 is 0 Å². The summed E-state index contributed by atoms with van der Waals surface area (Å²) in [7, 11) is 1.90. The van der Waals surface area contributed by atoms with Crippen molar-refractivity contribution in [1.82, 2.24) is 4.90 Å². The van der Waals surface area contributed by atoms with Gasteiger partial charge in [0, 0.05) is 6.04 Å². The second-order valence-electron chi connectivity index (χ2n) is 2.89. The van der Waals surface area contributed by atoms with Gasteiger partial charge in [0.15, 0.2) is 0 Å². The summed E-state index contributed by atoms with van der Waals surface area (Å²) in [5.74, 6) is 0. The van der Waals surface area contributed by atoms with E-state index in [-0.39, 0.29) is 12.6 Å². The minimum atomic E-state index is -1.05. The van der Waals surface area contributed by atoms with Crippen LogP contribution in [0.15, 0.2) is 0 Å². The van der Waals surface area contributed by atoms with Crippen molar-refractivity contribution in [2.45, 2.75) is 25.1 Å². The molecule has 0 aliphatic carbocycles. The molecule has 0 aromatic carbocycles. The summed E-state index contributed by atoms with van der Waals surface area (Å²) < 4.78 is 12.8. The maximum atomic E-state index is 12.8. The fourth-order valence-corrected chi connectivity index (χ4v) is 1.51. The van der Waals surface area contributed by atoms with Crippen LogP contribution in [-0.2, 0) is 0 Å². The van der Waals surface area contributed by atoms with E-state index in [2.05, 4.69) is 0 Å². The lowest BCUT2D eigenvalue weighted by molar-refractivity contribution is 0.104. The van der Waals surface area contributed by atoms with Crippen LogP contribution in [0.1, 0.15) is 12.8 Å². The van der Waals surface area contributed by atoms with E-state index in [1.54, 1.807) is 0 Å². The van der Waals surface area contributed by atoms with E-state index in [0.29, 0.717) is 0 Å². The van der Waals surface area contributed by atoms with Crippen molar-refractivity contribution < 1.29 is 9.50 Å². The molecule has 2 atom stereocenters. The first-order chi connectivity index (χ1) is 4.75. The molecule has 10 heavy (non-hydrogen) atoms. The molecule has 1 aliphatic heterocycles. The number of hydrogen-bond acceptors (Lipinski definition) is 2. The molecule has 0 saturated carbocycles. The first-order valence-electron chi connectivity index (χ1n) is 3.71. The van der Waals surface area contributed by atoms with Crippen LogP contribution in [0.25, 0.3) is 0 Å². The zero-order chi connectivity index (χ0) is 7.56. The number of halogens is 1. The molecule has 2 unspecified atom stereocenters. The predicted octanol–water partition coefficient (Wildman–Crippen LogP) is 0.411. The molecule has 1 aliphatic rings. The normalized spacial score (nSPS) is 30.9. The standard InChI is InChI=1S/C7H14FNO/c1-9-4-2-3-7(9)6(8)5-10/h6-7,10H,2-5H2,1H3. The highest BCUT2D eigenvalue weighted by molar-refractivity contribution is 4.82. The van der Waals surface area contributed by atoms with Crippen molar-refractivity contribution in [3.05, 3.63) is 0 Å². The van der Waals surface area contributed by atoms with Gasteiger partial charge in [-0.3, -0.25) is 0 Å². The lowest BCUT2D eigenvalue weighted by atomic mass is 10.1. The molecule has 0 amide bonds. The molecule has 0 aromatic rings. The highest BCUT2D eigenvalue weighted by atomic mass is 19.1. The van der Waals surface area contributed by atoms with E-state index < -0.39 is 6.17 Å². The van der Waals surface area contributed by atoms with Crippen molar-refractivity contribution >= 4 is 0 Å². The van der Waals surface area contributed by atoms with Crippen molar-refractivity contribution in [3.8, 4) is 0 Å². The summed E-state index contributed by atoms with van der Waals surface area (Å²) >= 11 is 0. The van der Waals surface area contributed by atoms with E-state index in [4.69, 9.17) is 5.11 Å². The van der Waals surface area contributed by atoms with Crippen LogP contribution in [-0.4, -0.2) is 42.4 Å². The van der Waals surface area contributed by atoms with Crippen molar-refractivity contribution in [2.24, 2.45) is 0 Å². The Morgan fingerprint density at radius 2 is 2.50 bits per heavy atom. The Morgan fingerprint density at radius 1 is 1.80 bits per heavy atom. The quantitative estimate of drug-likeness (QED) is 0.611. The number of aliphatic hydroxyl groups is 1. The Labute approximate surface area is 60.6 Å². The van der Waals surface area contributed by atoms with Gasteiger partial charge in [0.25, 0.3) is 0 Å². The summed E-state index contributed by atoms with van der Waals surface area (Å²) in [6, 6.07) is -0.0370. The Balaban J connectivity index is 2.38. The monoisotopic (exact) mass is 147 g/mol. The molecule has 1 saturated heterocycles. The van der Waals surface area contributed by atoms with Crippen LogP contribution in [0.2, 0.25) is 0 Å². The van der Waals surface area contributed by atoms with E-state index >= 15 is 0 Å². The second kappa shape index (κ2) is 3.30. The van der Waals surface area contributed by atoms with Crippen molar-refractivity contribution in [1.29, 1.82) is 0 Å². The maximum absolute atomic E-state index is 12.8. The Hall–Kier alpha value is -0.150. The highest BCUT2D eigenvalue weighted by Crippen LogP contribution is 2.19. The number of likely N-dealkylation sites (tertiary alicyclic amines) is 1. The molecule has 60 valence electrons. The Bertz CT molecular complexity index is 110. The minimum Gasteiger partial charge on any atom is -0.393 e. The van der Waals surface area contributed by atoms with Crippen LogP contribution in [0.4, 0.5) is 4.39 Å². The minimum absolute atomic E-state index is 0.0370. The average Bonchev–Trinajstić information content (AvgIpc) is 2.34. The van der Waals surface area contributed by atoms with Crippen LogP contribution in [0.5, 0.6) is 0 Å². The van der Waals surface area contributed by atoms with E-state index in [0.717, 1.165) is 19.4 Å². The van der Waals surface area contributed by atoms with E-state index in [1.807, 2.05) is 11.9 Å². The van der Waals surface area contributed by atoms with Crippen LogP contribution < -0.4 is 0 Å². The van der Waals surface area contributed by atoms with Crippen molar-refractivity contribution in [3.63, 3.8) is 0 Å². The first kappa shape index (κ1) is 7.95. The molecule has 1 fully saturated rings.